The predicted molar refractivity (Wildman–Crippen MR) is 79.1 cm³/mol. The van der Waals surface area contributed by atoms with Gasteiger partial charge in [0.2, 0.25) is 0 Å². The lowest BCUT2D eigenvalue weighted by molar-refractivity contribution is 0.574. The average molecular weight is 246 g/mol. The zero-order chi connectivity index (χ0) is 12.8. The Labute approximate surface area is 111 Å². The average Bonchev–Trinajstić information content (AvgIpc) is 2.84. The summed E-state index contributed by atoms with van der Waals surface area (Å²) >= 11 is 0. The summed E-state index contributed by atoms with van der Waals surface area (Å²) in [5, 5.41) is 7.05. The van der Waals surface area contributed by atoms with E-state index in [4.69, 9.17) is 0 Å². The molecule has 1 atom stereocenters. The summed E-state index contributed by atoms with van der Waals surface area (Å²) in [7, 11) is 0. The standard InChI is InChI=1S/C16H26N2/c1-13(2)12-14-5-7-16(8-6-14)18-11-9-15-4-3-10-17-15/h5-8,13,15,17-18H,3-4,9-12H2,1-2H3. The molecule has 1 aliphatic rings. The van der Waals surface area contributed by atoms with Crippen LogP contribution in [0.4, 0.5) is 5.69 Å². The van der Waals surface area contributed by atoms with Crippen LogP contribution in [0.1, 0.15) is 38.7 Å². The van der Waals surface area contributed by atoms with Crippen LogP contribution < -0.4 is 10.6 Å². The molecule has 1 aromatic rings. The fraction of sp³-hybridized carbons (Fsp3) is 0.625. The molecule has 0 aliphatic carbocycles. The van der Waals surface area contributed by atoms with E-state index >= 15 is 0 Å². The van der Waals surface area contributed by atoms with Crippen molar-refractivity contribution in [1.29, 1.82) is 0 Å². The second-order valence-corrected chi connectivity index (χ2v) is 5.80. The van der Waals surface area contributed by atoms with Gasteiger partial charge in [0.1, 0.15) is 0 Å². The molecule has 1 saturated heterocycles. The summed E-state index contributed by atoms with van der Waals surface area (Å²) in [6, 6.07) is 9.64. The van der Waals surface area contributed by atoms with E-state index < -0.39 is 0 Å². The molecule has 1 aliphatic heterocycles. The molecule has 2 N–H and O–H groups in total. The highest BCUT2D eigenvalue weighted by atomic mass is 14.9. The maximum absolute atomic E-state index is 3.53. The van der Waals surface area contributed by atoms with Gasteiger partial charge in [0.25, 0.3) is 0 Å². The SMILES string of the molecule is CC(C)Cc1ccc(NCCC2CCCN2)cc1. The first kappa shape index (κ1) is 13.4. The van der Waals surface area contributed by atoms with Crippen molar-refractivity contribution in [3.05, 3.63) is 29.8 Å². The highest BCUT2D eigenvalue weighted by molar-refractivity contribution is 5.44. The van der Waals surface area contributed by atoms with Crippen LogP contribution in [0.5, 0.6) is 0 Å². The number of anilines is 1. The van der Waals surface area contributed by atoms with Gasteiger partial charge in [0.15, 0.2) is 0 Å². The van der Waals surface area contributed by atoms with Gasteiger partial charge in [-0.05, 0) is 55.8 Å². The van der Waals surface area contributed by atoms with Gasteiger partial charge in [0.05, 0.1) is 0 Å². The number of rotatable bonds is 6. The number of nitrogens with one attached hydrogen (secondary N) is 2. The molecule has 0 saturated carbocycles. The van der Waals surface area contributed by atoms with E-state index in [2.05, 4.69) is 48.7 Å². The van der Waals surface area contributed by atoms with Gasteiger partial charge >= 0.3 is 0 Å². The third kappa shape index (κ3) is 4.34. The molecule has 18 heavy (non-hydrogen) atoms. The molecule has 1 heterocycles. The molecule has 0 amide bonds. The van der Waals surface area contributed by atoms with Crippen molar-refractivity contribution in [2.24, 2.45) is 5.92 Å². The summed E-state index contributed by atoms with van der Waals surface area (Å²) in [4.78, 5) is 0. The summed E-state index contributed by atoms with van der Waals surface area (Å²) in [5.74, 6) is 0.734. The first-order valence-corrected chi connectivity index (χ1v) is 7.30. The molecule has 0 aromatic heterocycles. The third-order valence-electron chi connectivity index (χ3n) is 3.58. The predicted octanol–water partition coefficient (Wildman–Crippen LogP) is 3.44. The van der Waals surface area contributed by atoms with Crippen LogP contribution in [0.25, 0.3) is 0 Å². The van der Waals surface area contributed by atoms with Crippen LogP contribution in [-0.2, 0) is 6.42 Å². The fourth-order valence-corrected chi connectivity index (χ4v) is 2.62. The van der Waals surface area contributed by atoms with Crippen molar-refractivity contribution in [2.45, 2.75) is 45.6 Å². The number of hydrogen-bond donors (Lipinski definition) is 2. The molecule has 2 heteroatoms. The third-order valence-corrected chi connectivity index (χ3v) is 3.58. The minimum Gasteiger partial charge on any atom is -0.385 e. The Morgan fingerprint density at radius 1 is 1.28 bits per heavy atom. The monoisotopic (exact) mass is 246 g/mol. The molecule has 1 unspecified atom stereocenters. The van der Waals surface area contributed by atoms with E-state index in [0.717, 1.165) is 18.5 Å². The Balaban J connectivity index is 1.72. The van der Waals surface area contributed by atoms with E-state index in [9.17, 15) is 0 Å². The lowest BCUT2D eigenvalue weighted by Crippen LogP contribution is -2.24. The van der Waals surface area contributed by atoms with Gasteiger partial charge in [-0.3, -0.25) is 0 Å². The maximum atomic E-state index is 3.53. The molecule has 1 aromatic carbocycles. The number of hydrogen-bond acceptors (Lipinski definition) is 2. The summed E-state index contributed by atoms with van der Waals surface area (Å²) in [6.07, 6.45) is 5.09. The van der Waals surface area contributed by atoms with Gasteiger partial charge in [-0.2, -0.15) is 0 Å². The lowest BCUT2D eigenvalue weighted by atomic mass is 10.0. The van der Waals surface area contributed by atoms with Crippen LogP contribution in [0.3, 0.4) is 0 Å². The van der Waals surface area contributed by atoms with E-state index in [0.29, 0.717) is 0 Å². The zero-order valence-corrected chi connectivity index (χ0v) is 11.7. The van der Waals surface area contributed by atoms with Crippen molar-refractivity contribution in [1.82, 2.24) is 5.32 Å². The smallest absolute Gasteiger partial charge is 0.0340 e. The lowest BCUT2D eigenvalue weighted by Gasteiger charge is -2.12. The van der Waals surface area contributed by atoms with E-state index in [1.165, 1.54) is 43.5 Å². The van der Waals surface area contributed by atoms with Crippen molar-refractivity contribution in [3.63, 3.8) is 0 Å². The molecule has 0 spiro atoms. The first-order valence-electron chi connectivity index (χ1n) is 7.30. The Bertz CT molecular complexity index is 337. The Morgan fingerprint density at radius 3 is 2.67 bits per heavy atom. The second kappa shape index (κ2) is 6.79. The maximum Gasteiger partial charge on any atom is 0.0340 e. The Hall–Kier alpha value is -1.02. The van der Waals surface area contributed by atoms with Crippen LogP contribution >= 0.6 is 0 Å². The second-order valence-electron chi connectivity index (χ2n) is 5.80. The molecular weight excluding hydrogens is 220 g/mol. The van der Waals surface area contributed by atoms with E-state index in [-0.39, 0.29) is 0 Å². The normalized spacial score (nSPS) is 19.4. The van der Waals surface area contributed by atoms with Crippen molar-refractivity contribution in [3.8, 4) is 0 Å². The van der Waals surface area contributed by atoms with Crippen LogP contribution in [0.2, 0.25) is 0 Å². The number of benzene rings is 1. The first-order chi connectivity index (χ1) is 8.74. The van der Waals surface area contributed by atoms with E-state index in [1.54, 1.807) is 0 Å². The van der Waals surface area contributed by atoms with Gasteiger partial charge in [0, 0.05) is 18.3 Å². The zero-order valence-electron chi connectivity index (χ0n) is 11.7. The van der Waals surface area contributed by atoms with Gasteiger partial charge < -0.3 is 10.6 Å². The van der Waals surface area contributed by atoms with E-state index in [1.807, 2.05) is 0 Å². The van der Waals surface area contributed by atoms with Crippen molar-refractivity contribution >= 4 is 5.69 Å². The minimum atomic E-state index is 0.734. The summed E-state index contributed by atoms with van der Waals surface area (Å²) in [5.41, 5.74) is 2.69. The van der Waals surface area contributed by atoms with Crippen LogP contribution in [0.15, 0.2) is 24.3 Å². The van der Waals surface area contributed by atoms with Gasteiger partial charge in [-0.15, -0.1) is 0 Å². The Kier molecular flexibility index (Phi) is 5.06. The fourth-order valence-electron chi connectivity index (χ4n) is 2.62. The molecule has 1 fully saturated rings. The molecule has 2 rings (SSSR count). The topological polar surface area (TPSA) is 24.1 Å². The van der Waals surface area contributed by atoms with Gasteiger partial charge in [-0.25, -0.2) is 0 Å². The molecular formula is C16H26N2. The molecule has 0 bridgehead atoms. The summed E-state index contributed by atoms with van der Waals surface area (Å²) in [6.45, 7) is 6.80. The highest BCUT2D eigenvalue weighted by Crippen LogP contribution is 2.14. The largest absolute Gasteiger partial charge is 0.385 e. The highest BCUT2D eigenvalue weighted by Gasteiger charge is 2.12. The van der Waals surface area contributed by atoms with Gasteiger partial charge in [-0.1, -0.05) is 26.0 Å². The molecule has 0 radical (unpaired) electrons. The van der Waals surface area contributed by atoms with Crippen LogP contribution in [-0.4, -0.2) is 19.1 Å². The van der Waals surface area contributed by atoms with Crippen LogP contribution in [0, 0.1) is 5.92 Å². The minimum absolute atomic E-state index is 0.734. The quantitative estimate of drug-likeness (QED) is 0.803. The Morgan fingerprint density at radius 2 is 2.06 bits per heavy atom. The molecule has 100 valence electrons. The van der Waals surface area contributed by atoms with Crippen molar-refractivity contribution in [2.75, 3.05) is 18.4 Å². The summed E-state index contributed by atoms with van der Waals surface area (Å²) < 4.78 is 0. The van der Waals surface area contributed by atoms with Crippen molar-refractivity contribution < 1.29 is 0 Å². The molecule has 2 nitrogen and oxygen atoms in total.